The second-order valence-electron chi connectivity index (χ2n) is 5.80. The average molecular weight is 344 g/mol. The summed E-state index contributed by atoms with van der Waals surface area (Å²) in [7, 11) is 0. The molecule has 1 rings (SSSR count). The molecule has 1 heterocycles. The van der Waals surface area contributed by atoms with Crippen molar-refractivity contribution in [2.45, 2.75) is 56.6 Å². The number of carbonyl (C=O) groups is 1. The topological polar surface area (TPSA) is 135 Å². The lowest BCUT2D eigenvalue weighted by Crippen LogP contribution is -2.51. The van der Waals surface area contributed by atoms with Gasteiger partial charge in [-0.1, -0.05) is 12.8 Å². The van der Waals surface area contributed by atoms with Crippen molar-refractivity contribution < 1.29 is 30.3 Å². The molecule has 0 unspecified atom stereocenters. The molecule has 138 valence electrons. The van der Waals surface area contributed by atoms with Crippen molar-refractivity contribution >= 4 is 5.91 Å². The van der Waals surface area contributed by atoms with E-state index >= 15 is 0 Å². The second-order valence-corrected chi connectivity index (χ2v) is 5.80. The monoisotopic (exact) mass is 344 g/mol. The number of hydrogen-bond donors (Lipinski definition) is 6. The Hall–Kier alpha value is -1.45. The van der Waals surface area contributed by atoms with Gasteiger partial charge >= 0.3 is 0 Å². The molecular formula is C16H28N2O6. The molecule has 8 nitrogen and oxygen atoms in total. The zero-order chi connectivity index (χ0) is 17.9. The Kier molecular flexibility index (Phi) is 9.58. The van der Waals surface area contributed by atoms with Crippen LogP contribution in [0.15, 0.2) is 24.5 Å². The Morgan fingerprint density at radius 3 is 2.21 bits per heavy atom. The molecule has 6 N–H and O–H groups in total. The Morgan fingerprint density at radius 1 is 0.958 bits per heavy atom. The Morgan fingerprint density at radius 2 is 1.58 bits per heavy atom. The van der Waals surface area contributed by atoms with Gasteiger partial charge in [-0.3, -0.25) is 4.79 Å². The van der Waals surface area contributed by atoms with Gasteiger partial charge in [0, 0.05) is 25.5 Å². The third-order valence-corrected chi connectivity index (χ3v) is 3.83. The standard InChI is InChI=1S/C16H28N2O6/c19-11-12(20)13(21)14(22)15(23)16(24)17-7-3-1-2-4-8-18-9-5-6-10-18/h5-6,9-10,12-15,19-23H,1-4,7-8,11H2,(H,17,24)/t12-,13-,14+,15-/m1/s1. The number of nitrogens with zero attached hydrogens (tertiary/aromatic N) is 1. The molecule has 0 fully saturated rings. The highest BCUT2D eigenvalue weighted by molar-refractivity contribution is 5.81. The van der Waals surface area contributed by atoms with E-state index in [0.29, 0.717) is 6.54 Å². The van der Waals surface area contributed by atoms with Gasteiger partial charge in [0.05, 0.1) is 6.61 Å². The zero-order valence-corrected chi connectivity index (χ0v) is 13.7. The van der Waals surface area contributed by atoms with E-state index in [2.05, 4.69) is 9.88 Å². The van der Waals surface area contributed by atoms with Crippen molar-refractivity contribution in [3.05, 3.63) is 24.5 Å². The van der Waals surface area contributed by atoms with Crippen LogP contribution in [0.5, 0.6) is 0 Å². The number of hydrogen-bond acceptors (Lipinski definition) is 6. The van der Waals surface area contributed by atoms with E-state index in [1.165, 1.54) is 0 Å². The molecule has 0 aliphatic rings. The molecule has 4 atom stereocenters. The Bertz CT molecular complexity index is 453. The molecule has 1 aromatic rings. The van der Waals surface area contributed by atoms with Crippen LogP contribution < -0.4 is 5.32 Å². The Balaban J connectivity index is 2.11. The molecule has 1 aromatic heterocycles. The maximum Gasteiger partial charge on any atom is 0.251 e. The molecule has 0 aromatic carbocycles. The van der Waals surface area contributed by atoms with Crippen LogP contribution in [-0.2, 0) is 11.3 Å². The number of nitrogens with one attached hydrogen (secondary N) is 1. The smallest absolute Gasteiger partial charge is 0.251 e. The highest BCUT2D eigenvalue weighted by atomic mass is 16.4. The lowest BCUT2D eigenvalue weighted by molar-refractivity contribution is -0.148. The summed E-state index contributed by atoms with van der Waals surface area (Å²) in [4.78, 5) is 11.7. The highest BCUT2D eigenvalue weighted by Gasteiger charge is 2.33. The fourth-order valence-electron chi connectivity index (χ4n) is 2.29. The molecule has 8 heteroatoms. The van der Waals surface area contributed by atoms with Gasteiger partial charge < -0.3 is 35.4 Å². The summed E-state index contributed by atoms with van der Waals surface area (Å²) in [5.74, 6) is -0.820. The van der Waals surface area contributed by atoms with Crippen molar-refractivity contribution in [2.24, 2.45) is 0 Å². The minimum absolute atomic E-state index is 0.352. The number of carbonyl (C=O) groups excluding carboxylic acids is 1. The first kappa shape index (κ1) is 20.6. The van der Waals surface area contributed by atoms with Crippen molar-refractivity contribution in [1.29, 1.82) is 0 Å². The molecule has 0 aliphatic heterocycles. The molecule has 0 radical (unpaired) electrons. The molecular weight excluding hydrogens is 316 g/mol. The lowest BCUT2D eigenvalue weighted by atomic mass is 10.0. The zero-order valence-electron chi connectivity index (χ0n) is 13.7. The van der Waals surface area contributed by atoms with E-state index < -0.39 is 36.9 Å². The quantitative estimate of drug-likeness (QED) is 0.258. The van der Waals surface area contributed by atoms with Gasteiger partial charge in [0.25, 0.3) is 5.91 Å². The van der Waals surface area contributed by atoms with Crippen molar-refractivity contribution in [1.82, 2.24) is 9.88 Å². The van der Waals surface area contributed by atoms with Crippen LogP contribution in [0.4, 0.5) is 0 Å². The number of unbranched alkanes of at least 4 members (excludes halogenated alkanes) is 3. The fraction of sp³-hybridized carbons (Fsp3) is 0.688. The molecule has 1 amide bonds. The first-order valence-electron chi connectivity index (χ1n) is 8.19. The number of aliphatic hydroxyl groups excluding tert-OH is 5. The van der Waals surface area contributed by atoms with E-state index in [1.54, 1.807) is 0 Å². The predicted octanol–water partition coefficient (Wildman–Crippen LogP) is -1.40. The van der Waals surface area contributed by atoms with Crippen LogP contribution in [-0.4, -0.2) is 73.6 Å². The summed E-state index contributed by atoms with van der Waals surface area (Å²) in [6, 6.07) is 3.96. The lowest BCUT2D eigenvalue weighted by Gasteiger charge is -2.24. The molecule has 0 aliphatic carbocycles. The number of aromatic nitrogens is 1. The van der Waals surface area contributed by atoms with Gasteiger partial charge in [0.1, 0.15) is 18.3 Å². The van der Waals surface area contributed by atoms with Gasteiger partial charge in [0.15, 0.2) is 6.10 Å². The molecule has 0 bridgehead atoms. The van der Waals surface area contributed by atoms with Gasteiger partial charge in [-0.25, -0.2) is 0 Å². The van der Waals surface area contributed by atoms with Gasteiger partial charge in [-0.05, 0) is 25.0 Å². The number of aryl methyl sites for hydroxylation is 1. The summed E-state index contributed by atoms with van der Waals surface area (Å²) in [5.41, 5.74) is 0. The first-order valence-corrected chi connectivity index (χ1v) is 8.19. The van der Waals surface area contributed by atoms with Crippen LogP contribution >= 0.6 is 0 Å². The van der Waals surface area contributed by atoms with Crippen LogP contribution in [0.1, 0.15) is 25.7 Å². The predicted molar refractivity (Wildman–Crippen MR) is 87.0 cm³/mol. The summed E-state index contributed by atoms with van der Waals surface area (Å²) >= 11 is 0. The van der Waals surface area contributed by atoms with Crippen LogP contribution in [0, 0.1) is 0 Å². The van der Waals surface area contributed by atoms with Crippen molar-refractivity contribution in [2.75, 3.05) is 13.2 Å². The van der Waals surface area contributed by atoms with E-state index in [1.807, 2.05) is 24.5 Å². The normalized spacial score (nSPS) is 16.4. The molecule has 0 saturated carbocycles. The number of rotatable bonds is 12. The minimum Gasteiger partial charge on any atom is -0.394 e. The van der Waals surface area contributed by atoms with Crippen LogP contribution in [0.2, 0.25) is 0 Å². The van der Waals surface area contributed by atoms with Gasteiger partial charge in [0.2, 0.25) is 0 Å². The van der Waals surface area contributed by atoms with Crippen LogP contribution in [0.3, 0.4) is 0 Å². The summed E-state index contributed by atoms with van der Waals surface area (Å²) in [6.45, 7) is 0.524. The SMILES string of the molecule is O=C(NCCCCCCn1cccc1)[C@H](O)[C@@H](O)[C@H](O)[C@H](O)CO. The van der Waals surface area contributed by atoms with Crippen LogP contribution in [0.25, 0.3) is 0 Å². The third-order valence-electron chi connectivity index (χ3n) is 3.83. The highest BCUT2D eigenvalue weighted by Crippen LogP contribution is 2.06. The molecule has 0 saturated heterocycles. The van der Waals surface area contributed by atoms with Crippen molar-refractivity contribution in [3.8, 4) is 0 Å². The third kappa shape index (κ3) is 6.98. The largest absolute Gasteiger partial charge is 0.394 e. The summed E-state index contributed by atoms with van der Waals surface area (Å²) in [6.07, 6.45) is 0.574. The number of aliphatic hydroxyl groups is 5. The molecule has 0 spiro atoms. The fourth-order valence-corrected chi connectivity index (χ4v) is 2.29. The van der Waals surface area contributed by atoms with E-state index in [-0.39, 0.29) is 0 Å². The van der Waals surface area contributed by atoms with E-state index in [4.69, 9.17) is 5.11 Å². The molecule has 24 heavy (non-hydrogen) atoms. The Labute approximate surface area is 141 Å². The minimum atomic E-state index is -1.87. The first-order chi connectivity index (χ1) is 11.5. The maximum absolute atomic E-state index is 11.7. The van der Waals surface area contributed by atoms with Gasteiger partial charge in [-0.15, -0.1) is 0 Å². The van der Waals surface area contributed by atoms with E-state index in [0.717, 1.165) is 32.2 Å². The van der Waals surface area contributed by atoms with Gasteiger partial charge in [-0.2, -0.15) is 0 Å². The van der Waals surface area contributed by atoms with E-state index in [9.17, 15) is 25.2 Å². The summed E-state index contributed by atoms with van der Waals surface area (Å²) < 4.78 is 2.10. The average Bonchev–Trinajstić information content (AvgIpc) is 3.11. The maximum atomic E-state index is 11.7. The number of amides is 1. The summed E-state index contributed by atoms with van der Waals surface area (Å²) in [5, 5.41) is 49.0. The second kappa shape index (κ2) is 11.2. The van der Waals surface area contributed by atoms with Crippen molar-refractivity contribution in [3.63, 3.8) is 0 Å².